The van der Waals surface area contributed by atoms with Gasteiger partial charge < -0.3 is 0 Å². The molecular weight excluding hydrogens is 312 g/mol. The average molecular weight is 336 g/mol. The lowest BCUT2D eigenvalue weighted by atomic mass is 9.75. The van der Waals surface area contributed by atoms with Crippen LogP contribution in [-0.4, -0.2) is 0 Å². The van der Waals surface area contributed by atoms with Crippen LogP contribution < -0.4 is 0 Å². The van der Waals surface area contributed by atoms with E-state index in [0.717, 1.165) is 12.0 Å². The van der Waals surface area contributed by atoms with Crippen LogP contribution in [0.15, 0.2) is 90.6 Å². The van der Waals surface area contributed by atoms with Gasteiger partial charge in [0.1, 0.15) is 0 Å². The van der Waals surface area contributed by atoms with Crippen LogP contribution in [0.3, 0.4) is 0 Å². The monoisotopic (exact) mass is 336 g/mol. The number of rotatable bonds is 1. The second kappa shape index (κ2) is 6.80. The first-order chi connectivity index (χ1) is 12.7. The minimum absolute atomic E-state index is 0.380. The molecule has 0 N–H and O–H groups in total. The van der Waals surface area contributed by atoms with Crippen molar-refractivity contribution in [2.75, 3.05) is 0 Å². The molecule has 26 heavy (non-hydrogen) atoms. The van der Waals surface area contributed by atoms with Crippen molar-refractivity contribution in [1.29, 1.82) is 0 Å². The molecule has 0 saturated carbocycles. The second-order valence-electron chi connectivity index (χ2n) is 7.10. The molecule has 0 heteroatoms. The summed E-state index contributed by atoms with van der Waals surface area (Å²) in [5.74, 6) is 0.380. The Morgan fingerprint density at radius 2 is 1.88 bits per heavy atom. The Morgan fingerprint density at radius 1 is 1.04 bits per heavy atom. The molecule has 4 rings (SSSR count). The molecule has 1 unspecified atom stereocenters. The van der Waals surface area contributed by atoms with Crippen molar-refractivity contribution in [3.63, 3.8) is 0 Å². The first-order valence-corrected chi connectivity index (χ1v) is 9.29. The Morgan fingerprint density at radius 3 is 2.69 bits per heavy atom. The van der Waals surface area contributed by atoms with E-state index < -0.39 is 0 Å². The first kappa shape index (κ1) is 16.6. The number of hydrogen-bond donors (Lipinski definition) is 0. The van der Waals surface area contributed by atoms with Gasteiger partial charge in [0.2, 0.25) is 0 Å². The number of fused-ring (bicyclic) bond motifs is 2. The van der Waals surface area contributed by atoms with Gasteiger partial charge in [-0.25, -0.2) is 0 Å². The van der Waals surface area contributed by atoms with E-state index in [2.05, 4.69) is 99.3 Å². The summed E-state index contributed by atoms with van der Waals surface area (Å²) in [6.07, 6.45) is 12.5. The van der Waals surface area contributed by atoms with E-state index in [1.54, 1.807) is 0 Å². The van der Waals surface area contributed by atoms with E-state index in [0.29, 0.717) is 5.92 Å². The molecule has 0 aliphatic heterocycles. The van der Waals surface area contributed by atoms with Crippen LogP contribution in [0.25, 0.3) is 17.2 Å². The summed E-state index contributed by atoms with van der Waals surface area (Å²) in [5.41, 5.74) is 10.2. The summed E-state index contributed by atoms with van der Waals surface area (Å²) in [6.45, 7) is 8.78. The first-order valence-electron chi connectivity index (χ1n) is 9.29. The van der Waals surface area contributed by atoms with E-state index in [4.69, 9.17) is 0 Å². The van der Waals surface area contributed by atoms with E-state index in [-0.39, 0.29) is 0 Å². The van der Waals surface area contributed by atoms with E-state index in [1.807, 2.05) is 0 Å². The molecule has 0 heterocycles. The Balaban J connectivity index is 1.86. The van der Waals surface area contributed by atoms with Crippen LogP contribution in [0, 0.1) is 12.8 Å². The molecule has 2 aromatic carbocycles. The molecule has 2 aliphatic carbocycles. The van der Waals surface area contributed by atoms with Crippen molar-refractivity contribution in [3.8, 4) is 0 Å². The fourth-order valence-corrected chi connectivity index (χ4v) is 4.01. The highest BCUT2D eigenvalue weighted by molar-refractivity contribution is 5.90. The average Bonchev–Trinajstić information content (AvgIpc) is 2.67. The summed E-state index contributed by atoms with van der Waals surface area (Å²) in [7, 11) is 0. The van der Waals surface area contributed by atoms with Crippen molar-refractivity contribution >= 4 is 17.2 Å². The molecule has 0 fully saturated rings. The second-order valence-corrected chi connectivity index (χ2v) is 7.10. The Hall–Kier alpha value is -2.86. The molecule has 0 amide bonds. The molecular formula is C26H24. The summed E-state index contributed by atoms with van der Waals surface area (Å²) in [6, 6.07) is 17.3. The molecule has 0 aromatic heterocycles. The van der Waals surface area contributed by atoms with E-state index in [1.165, 1.54) is 39.0 Å². The maximum absolute atomic E-state index is 4.50. The standard InChI is InChI=1S/C26H24/c1-4-20-12-13-21-9-5-6-11-24(21)19(3)26-17-23(14-15-25(20)26)22-10-7-8-18(2)16-22/h4-14,16-17,25H,3,15H2,1-2H3/b13-12-,20-4?. The van der Waals surface area contributed by atoms with Gasteiger partial charge in [-0.05, 0) is 59.3 Å². The molecule has 0 bridgehead atoms. The van der Waals surface area contributed by atoms with Crippen molar-refractivity contribution in [2.24, 2.45) is 5.92 Å². The van der Waals surface area contributed by atoms with Crippen molar-refractivity contribution in [3.05, 3.63) is 113 Å². The quantitative estimate of drug-likeness (QED) is 0.525. The minimum Gasteiger partial charge on any atom is -0.0908 e. The lowest BCUT2D eigenvalue weighted by Gasteiger charge is -2.29. The van der Waals surface area contributed by atoms with Crippen molar-refractivity contribution in [1.82, 2.24) is 0 Å². The lowest BCUT2D eigenvalue weighted by Crippen LogP contribution is -2.13. The lowest BCUT2D eigenvalue weighted by molar-refractivity contribution is 0.758. The number of benzene rings is 2. The van der Waals surface area contributed by atoms with Crippen LogP contribution in [0.5, 0.6) is 0 Å². The van der Waals surface area contributed by atoms with Crippen LogP contribution in [0.4, 0.5) is 0 Å². The maximum Gasteiger partial charge on any atom is 0.0127 e. The van der Waals surface area contributed by atoms with Gasteiger partial charge in [-0.2, -0.15) is 0 Å². The Kier molecular flexibility index (Phi) is 4.34. The summed E-state index contributed by atoms with van der Waals surface area (Å²) < 4.78 is 0. The number of allylic oxidation sites excluding steroid dienone is 8. The normalized spacial score (nSPS) is 21.8. The van der Waals surface area contributed by atoms with Gasteiger partial charge >= 0.3 is 0 Å². The largest absolute Gasteiger partial charge is 0.0908 e. The van der Waals surface area contributed by atoms with Crippen molar-refractivity contribution in [2.45, 2.75) is 20.3 Å². The van der Waals surface area contributed by atoms with Gasteiger partial charge in [0.05, 0.1) is 0 Å². The van der Waals surface area contributed by atoms with Gasteiger partial charge in [-0.1, -0.05) is 91.1 Å². The predicted octanol–water partition coefficient (Wildman–Crippen LogP) is 7.01. The third-order valence-corrected chi connectivity index (χ3v) is 5.44. The number of hydrogen-bond acceptors (Lipinski definition) is 0. The summed E-state index contributed by atoms with van der Waals surface area (Å²) >= 11 is 0. The van der Waals surface area contributed by atoms with Crippen LogP contribution >= 0.6 is 0 Å². The molecule has 128 valence electrons. The SMILES string of the molecule is C=C1C2=CC(c3cccc(C)c3)=CCC2C(=CC)/C=C\c2ccccc21. The van der Waals surface area contributed by atoms with Crippen LogP contribution in [-0.2, 0) is 0 Å². The van der Waals surface area contributed by atoms with Gasteiger partial charge in [-0.3, -0.25) is 0 Å². The number of aryl methyl sites for hydroxylation is 1. The summed E-state index contributed by atoms with van der Waals surface area (Å²) in [5, 5.41) is 0. The molecule has 1 atom stereocenters. The van der Waals surface area contributed by atoms with Gasteiger partial charge in [0.15, 0.2) is 0 Å². The zero-order valence-corrected chi connectivity index (χ0v) is 15.5. The molecule has 2 aliphatic rings. The van der Waals surface area contributed by atoms with E-state index in [9.17, 15) is 0 Å². The Bertz CT molecular complexity index is 992. The molecule has 0 nitrogen and oxygen atoms in total. The molecule has 0 saturated heterocycles. The molecule has 2 aromatic rings. The predicted molar refractivity (Wildman–Crippen MR) is 114 cm³/mol. The minimum atomic E-state index is 0.380. The fourth-order valence-electron chi connectivity index (χ4n) is 4.01. The van der Waals surface area contributed by atoms with Gasteiger partial charge in [0, 0.05) is 5.92 Å². The third-order valence-electron chi connectivity index (χ3n) is 5.44. The highest BCUT2D eigenvalue weighted by Crippen LogP contribution is 2.42. The van der Waals surface area contributed by atoms with Gasteiger partial charge in [0.25, 0.3) is 0 Å². The smallest absolute Gasteiger partial charge is 0.0127 e. The molecule has 0 radical (unpaired) electrons. The maximum atomic E-state index is 4.50. The Labute approximate surface area is 156 Å². The summed E-state index contributed by atoms with van der Waals surface area (Å²) in [4.78, 5) is 0. The fraction of sp³-hybridized carbons (Fsp3) is 0.154. The third kappa shape index (κ3) is 2.93. The zero-order chi connectivity index (χ0) is 18.1. The van der Waals surface area contributed by atoms with E-state index >= 15 is 0 Å². The zero-order valence-electron chi connectivity index (χ0n) is 15.5. The van der Waals surface area contributed by atoms with Crippen molar-refractivity contribution < 1.29 is 0 Å². The molecule has 0 spiro atoms. The topological polar surface area (TPSA) is 0 Å². The highest BCUT2D eigenvalue weighted by atomic mass is 14.3. The van der Waals surface area contributed by atoms with Gasteiger partial charge in [-0.15, -0.1) is 0 Å². The van der Waals surface area contributed by atoms with Crippen LogP contribution in [0.2, 0.25) is 0 Å². The van der Waals surface area contributed by atoms with Crippen LogP contribution in [0.1, 0.15) is 35.6 Å². The highest BCUT2D eigenvalue weighted by Gasteiger charge is 2.25.